The van der Waals surface area contributed by atoms with Crippen molar-refractivity contribution in [2.75, 3.05) is 13.2 Å². The molecule has 19 unspecified atom stereocenters. The smallest absolute Gasteiger partial charge is 0.317 e. The van der Waals surface area contributed by atoms with E-state index in [9.17, 15) is 48.9 Å². The number of carbonyl (C=O) groups excluding carboxylic acids is 5. The minimum Gasteiger partial charge on any atom is -0.481 e. The van der Waals surface area contributed by atoms with Crippen molar-refractivity contribution in [3.05, 3.63) is 0 Å². The van der Waals surface area contributed by atoms with E-state index < -0.39 is 124 Å². The SMILES string of the molecule is CC1C(=O)OC(=O)C1C1C2CC(C(C(=O)O)C2C(=O)O)C1C1C2CC(CC2C(=O)OCCO)C1C1C(C)C2CC1C(C(=O)OC(C)(C)C)C2C(=O)OC(C)(C)C. The number of carboxylic acids is 2. The lowest BCUT2D eigenvalue weighted by molar-refractivity contribution is -0.181. The van der Waals surface area contributed by atoms with Gasteiger partial charge in [0.2, 0.25) is 0 Å². The molecule has 0 amide bonds. The Morgan fingerprint density at radius 1 is 0.625 bits per heavy atom. The van der Waals surface area contributed by atoms with E-state index in [4.69, 9.17) is 18.9 Å². The van der Waals surface area contributed by atoms with E-state index in [1.54, 1.807) is 48.5 Å². The van der Waals surface area contributed by atoms with Crippen LogP contribution in [0.15, 0.2) is 0 Å². The molecule has 7 fully saturated rings. The lowest BCUT2D eigenvalue weighted by Crippen LogP contribution is -2.54. The Hall–Kier alpha value is -3.55. The van der Waals surface area contributed by atoms with E-state index in [1.165, 1.54) is 0 Å². The Kier molecular flexibility index (Phi) is 10.2. The summed E-state index contributed by atoms with van der Waals surface area (Å²) in [5, 5.41) is 30.6. The first-order valence-corrected chi connectivity index (χ1v) is 20.5. The monoisotopic (exact) mass is 786 g/mol. The molecule has 6 aliphatic carbocycles. The van der Waals surface area contributed by atoms with E-state index in [0.717, 1.165) is 0 Å². The third-order valence-electron chi connectivity index (χ3n) is 15.3. The number of esters is 5. The van der Waals surface area contributed by atoms with E-state index in [2.05, 4.69) is 6.92 Å². The van der Waals surface area contributed by atoms with Gasteiger partial charge in [-0.25, -0.2) is 0 Å². The quantitative estimate of drug-likeness (QED) is 0.163. The summed E-state index contributed by atoms with van der Waals surface area (Å²) in [4.78, 5) is 94.4. The van der Waals surface area contributed by atoms with Crippen molar-refractivity contribution in [2.45, 2.75) is 92.3 Å². The number of ether oxygens (including phenoxy) is 4. The highest BCUT2D eigenvalue weighted by Crippen LogP contribution is 2.74. The topological polar surface area (TPSA) is 217 Å². The molecular weight excluding hydrogens is 728 g/mol. The van der Waals surface area contributed by atoms with Crippen LogP contribution >= 0.6 is 0 Å². The van der Waals surface area contributed by atoms with Crippen molar-refractivity contribution in [3.63, 3.8) is 0 Å². The summed E-state index contributed by atoms with van der Waals surface area (Å²) in [7, 11) is 0. The molecule has 0 radical (unpaired) electrons. The fourth-order valence-electron chi connectivity index (χ4n) is 14.2. The Bertz CT molecular complexity index is 1670. The number of rotatable bonds is 10. The molecule has 1 heterocycles. The van der Waals surface area contributed by atoms with E-state index in [0.29, 0.717) is 19.3 Å². The molecule has 0 aromatic carbocycles. The van der Waals surface area contributed by atoms with Crippen LogP contribution < -0.4 is 0 Å². The maximum atomic E-state index is 14.3. The van der Waals surface area contributed by atoms with Crippen LogP contribution in [0.2, 0.25) is 0 Å². The van der Waals surface area contributed by atoms with E-state index in [1.807, 2.05) is 0 Å². The van der Waals surface area contributed by atoms with Crippen LogP contribution in [0, 0.1) is 112 Å². The zero-order chi connectivity index (χ0) is 41.1. The molecule has 6 saturated carbocycles. The molecular formula is C42H58O14. The molecule has 7 rings (SSSR count). The van der Waals surface area contributed by atoms with Crippen LogP contribution in [0.4, 0.5) is 0 Å². The first kappa shape index (κ1) is 40.6. The van der Waals surface area contributed by atoms with Crippen LogP contribution in [-0.2, 0) is 52.5 Å². The summed E-state index contributed by atoms with van der Waals surface area (Å²) in [5.41, 5.74) is -1.62. The minimum absolute atomic E-state index is 0.0596. The fourth-order valence-corrected chi connectivity index (χ4v) is 14.2. The van der Waals surface area contributed by atoms with E-state index in [-0.39, 0.29) is 61.1 Å². The summed E-state index contributed by atoms with van der Waals surface area (Å²) in [6.07, 6.45) is 1.89. The van der Waals surface area contributed by atoms with Crippen molar-refractivity contribution < 1.29 is 67.8 Å². The van der Waals surface area contributed by atoms with Gasteiger partial charge in [0.25, 0.3) is 0 Å². The van der Waals surface area contributed by atoms with Crippen molar-refractivity contribution in [3.8, 4) is 0 Å². The van der Waals surface area contributed by atoms with Crippen molar-refractivity contribution in [1.82, 2.24) is 0 Å². The third-order valence-corrected chi connectivity index (χ3v) is 15.3. The molecule has 56 heavy (non-hydrogen) atoms. The van der Waals surface area contributed by atoms with Gasteiger partial charge in [-0.1, -0.05) is 13.8 Å². The number of fused-ring (bicyclic) bond motifs is 6. The summed E-state index contributed by atoms with van der Waals surface area (Å²) >= 11 is 0. The average Bonchev–Trinajstić information content (AvgIpc) is 3.93. The normalized spacial score (nSPS) is 44.9. The van der Waals surface area contributed by atoms with Gasteiger partial charge in [-0.05, 0) is 138 Å². The third kappa shape index (κ3) is 6.44. The lowest BCUT2D eigenvalue weighted by Gasteiger charge is -2.52. The molecule has 310 valence electrons. The second-order valence-electron chi connectivity index (χ2n) is 20.2. The van der Waals surface area contributed by atoms with Gasteiger partial charge in [0.1, 0.15) is 17.8 Å². The highest BCUT2D eigenvalue weighted by atomic mass is 16.6. The van der Waals surface area contributed by atoms with Gasteiger partial charge in [-0.15, -0.1) is 0 Å². The van der Waals surface area contributed by atoms with Gasteiger partial charge in [0.05, 0.1) is 48.0 Å². The Labute approximate surface area is 327 Å². The number of carbonyl (C=O) groups is 7. The summed E-state index contributed by atoms with van der Waals surface area (Å²) in [5.74, 6) is -16.2. The molecule has 0 aromatic heterocycles. The highest BCUT2D eigenvalue weighted by molar-refractivity contribution is 5.96. The summed E-state index contributed by atoms with van der Waals surface area (Å²) < 4.78 is 22.6. The number of aliphatic hydroxyl groups excluding tert-OH is 1. The number of hydrogen-bond donors (Lipinski definition) is 3. The molecule has 0 spiro atoms. The second-order valence-corrected chi connectivity index (χ2v) is 20.2. The molecule has 19 atom stereocenters. The number of hydrogen-bond acceptors (Lipinski definition) is 12. The van der Waals surface area contributed by atoms with Gasteiger partial charge in [-0.3, -0.25) is 33.6 Å². The van der Waals surface area contributed by atoms with Crippen molar-refractivity contribution >= 4 is 41.8 Å². The molecule has 14 heteroatoms. The number of aliphatic hydroxyl groups is 1. The van der Waals surface area contributed by atoms with Gasteiger partial charge < -0.3 is 34.3 Å². The summed E-state index contributed by atoms with van der Waals surface area (Å²) in [6.45, 7) is 13.9. The van der Waals surface area contributed by atoms with Crippen LogP contribution in [0.1, 0.15) is 81.1 Å². The standard InChI is InChI=1S/C42H58O14/c1-15-18-13-21(33(40(52)56-42(6,7)8)32(18)39(51)55-41(3,4)5)24(15)26-17-11-19(20(12-17)37(49)53-10-9-43)27(26)29-23-14-22(30(34(44)45)31(23)35(46)47)28(29)25-16(2)36(48)54-38(25)50/h15-33,43H,9-14H2,1-8H3,(H,44,45)(H,46,47). The summed E-state index contributed by atoms with van der Waals surface area (Å²) in [6, 6.07) is 0. The average molecular weight is 787 g/mol. The predicted octanol–water partition coefficient (Wildman–Crippen LogP) is 3.85. The molecule has 0 aromatic rings. The van der Waals surface area contributed by atoms with Gasteiger partial charge in [0, 0.05) is 0 Å². The van der Waals surface area contributed by atoms with Crippen LogP contribution in [0.5, 0.6) is 0 Å². The fraction of sp³-hybridized carbons (Fsp3) is 0.833. The van der Waals surface area contributed by atoms with Gasteiger partial charge in [-0.2, -0.15) is 0 Å². The van der Waals surface area contributed by atoms with E-state index >= 15 is 0 Å². The number of aliphatic carboxylic acids is 2. The van der Waals surface area contributed by atoms with Crippen molar-refractivity contribution in [2.24, 2.45) is 112 Å². The lowest BCUT2D eigenvalue weighted by atomic mass is 9.51. The Balaban J connectivity index is 1.34. The zero-order valence-electron chi connectivity index (χ0n) is 33.5. The number of cyclic esters (lactones) is 2. The second kappa shape index (κ2) is 14.1. The van der Waals surface area contributed by atoms with Crippen LogP contribution in [0.25, 0.3) is 0 Å². The van der Waals surface area contributed by atoms with Gasteiger partial charge >= 0.3 is 41.8 Å². The molecule has 3 N–H and O–H groups in total. The maximum Gasteiger partial charge on any atom is 0.317 e. The van der Waals surface area contributed by atoms with Crippen molar-refractivity contribution in [1.29, 1.82) is 0 Å². The molecule has 14 nitrogen and oxygen atoms in total. The van der Waals surface area contributed by atoms with Gasteiger partial charge in [0.15, 0.2) is 0 Å². The minimum atomic E-state index is -1.27. The van der Waals surface area contributed by atoms with Crippen LogP contribution in [-0.4, -0.2) is 81.5 Å². The first-order valence-electron chi connectivity index (χ1n) is 20.5. The molecule has 1 aliphatic heterocycles. The van der Waals surface area contributed by atoms with Crippen LogP contribution in [0.3, 0.4) is 0 Å². The largest absolute Gasteiger partial charge is 0.481 e. The Morgan fingerprint density at radius 3 is 1.62 bits per heavy atom. The Morgan fingerprint density at radius 2 is 1.12 bits per heavy atom. The highest BCUT2D eigenvalue weighted by Gasteiger charge is 2.74. The zero-order valence-corrected chi connectivity index (χ0v) is 33.5. The predicted molar refractivity (Wildman–Crippen MR) is 192 cm³/mol. The molecule has 1 saturated heterocycles. The molecule has 7 aliphatic rings. The molecule has 6 bridgehead atoms. The first-order chi connectivity index (χ1) is 26.1. The maximum absolute atomic E-state index is 14.3. The number of carboxylic acid groups (broad SMARTS) is 2.